The number of nitrogens with zero attached hydrogens (tertiary/aromatic N) is 5. The number of hydrogen-bond acceptors (Lipinski definition) is 8. The number of halogens is 3. The van der Waals surface area contributed by atoms with E-state index in [-0.39, 0.29) is 0 Å². The zero-order valence-electron chi connectivity index (χ0n) is 19.6. The fourth-order valence-electron chi connectivity index (χ4n) is 3.96. The molecule has 4 aromatic rings. The molecule has 1 aliphatic heterocycles. The van der Waals surface area contributed by atoms with Gasteiger partial charge in [-0.2, -0.15) is 18.4 Å². The quantitative estimate of drug-likeness (QED) is 0.373. The van der Waals surface area contributed by atoms with Gasteiger partial charge in [-0.05, 0) is 42.0 Å². The number of rotatable bonds is 6. The van der Waals surface area contributed by atoms with Crippen molar-refractivity contribution < 1.29 is 17.9 Å². The van der Waals surface area contributed by atoms with Crippen molar-refractivity contribution in [2.45, 2.75) is 12.7 Å². The normalized spacial score (nSPS) is 13.8. The van der Waals surface area contributed by atoms with Gasteiger partial charge < -0.3 is 20.3 Å². The topological polar surface area (TPSA) is 99.0 Å². The summed E-state index contributed by atoms with van der Waals surface area (Å²) in [6.07, 6.45) is -1.04. The monoisotopic (exact) mass is 505 g/mol. The number of nitriles is 1. The fourth-order valence-corrected chi connectivity index (χ4v) is 3.96. The van der Waals surface area contributed by atoms with Gasteiger partial charge in [0.15, 0.2) is 0 Å². The first-order chi connectivity index (χ1) is 17.9. The molecule has 1 saturated heterocycles. The van der Waals surface area contributed by atoms with Crippen molar-refractivity contribution in [1.29, 1.82) is 5.26 Å². The molecule has 0 spiro atoms. The lowest BCUT2D eigenvalue weighted by Crippen LogP contribution is -2.36. The molecular formula is C26H22F3N7O. The Morgan fingerprint density at radius 1 is 0.973 bits per heavy atom. The van der Waals surface area contributed by atoms with Crippen LogP contribution in [0.2, 0.25) is 0 Å². The number of pyridine rings is 1. The smallest absolute Gasteiger partial charge is 0.378 e. The summed E-state index contributed by atoms with van der Waals surface area (Å²) < 4.78 is 43.6. The third kappa shape index (κ3) is 5.54. The highest BCUT2D eigenvalue weighted by atomic mass is 19.4. The number of aromatic nitrogens is 3. The number of benzene rings is 2. The van der Waals surface area contributed by atoms with Gasteiger partial charge in [0.2, 0.25) is 0 Å². The van der Waals surface area contributed by atoms with Crippen LogP contribution < -0.4 is 15.5 Å². The molecule has 2 aromatic carbocycles. The largest absolute Gasteiger partial charge is 0.416 e. The van der Waals surface area contributed by atoms with E-state index in [4.69, 9.17) is 9.72 Å². The fraction of sp³-hybridized carbons (Fsp3) is 0.231. The van der Waals surface area contributed by atoms with Crippen molar-refractivity contribution >= 4 is 34.0 Å². The predicted molar refractivity (Wildman–Crippen MR) is 134 cm³/mol. The van der Waals surface area contributed by atoms with Crippen molar-refractivity contribution in [1.82, 2.24) is 15.0 Å². The number of alkyl halides is 3. The van der Waals surface area contributed by atoms with Gasteiger partial charge in [0, 0.05) is 19.6 Å². The zero-order valence-corrected chi connectivity index (χ0v) is 19.6. The molecule has 0 amide bonds. The number of fused-ring (bicyclic) bond motifs is 1. The molecule has 2 aromatic heterocycles. The van der Waals surface area contributed by atoms with Crippen LogP contribution >= 0.6 is 0 Å². The van der Waals surface area contributed by atoms with Crippen LogP contribution in [-0.2, 0) is 17.5 Å². The summed E-state index contributed by atoms with van der Waals surface area (Å²) in [6.45, 7) is 2.99. The first kappa shape index (κ1) is 24.3. The molecule has 1 fully saturated rings. The summed E-state index contributed by atoms with van der Waals surface area (Å²) in [5.41, 5.74) is 2.77. The van der Waals surface area contributed by atoms with Crippen LogP contribution in [0.5, 0.6) is 0 Å². The number of morpholine rings is 1. The summed E-state index contributed by atoms with van der Waals surface area (Å²) in [5.74, 6) is 1.26. The van der Waals surface area contributed by atoms with E-state index in [1.165, 1.54) is 12.1 Å². The van der Waals surface area contributed by atoms with E-state index in [0.29, 0.717) is 78.0 Å². The Kier molecular flexibility index (Phi) is 6.74. The highest BCUT2D eigenvalue weighted by molar-refractivity contribution is 5.89. The molecule has 0 bridgehead atoms. The van der Waals surface area contributed by atoms with E-state index in [9.17, 15) is 18.4 Å². The second-order valence-corrected chi connectivity index (χ2v) is 8.40. The highest BCUT2D eigenvalue weighted by Gasteiger charge is 2.29. The van der Waals surface area contributed by atoms with Gasteiger partial charge in [0.05, 0.1) is 48.1 Å². The van der Waals surface area contributed by atoms with Gasteiger partial charge in [-0.25, -0.2) is 9.97 Å². The minimum absolute atomic E-state index is 0.325. The average molecular weight is 506 g/mol. The van der Waals surface area contributed by atoms with Gasteiger partial charge >= 0.3 is 6.18 Å². The average Bonchev–Trinajstić information content (AvgIpc) is 2.92. The van der Waals surface area contributed by atoms with Crippen molar-refractivity contribution in [2.24, 2.45) is 0 Å². The Balaban J connectivity index is 1.29. The van der Waals surface area contributed by atoms with Gasteiger partial charge in [0.1, 0.15) is 28.8 Å². The third-order valence-corrected chi connectivity index (χ3v) is 5.95. The van der Waals surface area contributed by atoms with Crippen molar-refractivity contribution in [2.75, 3.05) is 41.8 Å². The summed E-state index contributed by atoms with van der Waals surface area (Å²) in [5, 5.41) is 16.2. The summed E-state index contributed by atoms with van der Waals surface area (Å²) in [7, 11) is 0. The van der Waals surface area contributed by atoms with Crippen LogP contribution in [0.25, 0.3) is 11.0 Å². The Bertz CT molecular complexity index is 1430. The Hall–Kier alpha value is -4.43. The van der Waals surface area contributed by atoms with Crippen molar-refractivity contribution in [3.8, 4) is 6.07 Å². The molecule has 37 heavy (non-hydrogen) atoms. The summed E-state index contributed by atoms with van der Waals surface area (Å²) in [6, 6.07) is 14.3. The maximum absolute atomic E-state index is 12.7. The van der Waals surface area contributed by atoms with Gasteiger partial charge in [0.25, 0.3) is 0 Å². The van der Waals surface area contributed by atoms with E-state index in [0.717, 1.165) is 12.1 Å². The standard InChI is InChI=1S/C26H22F3N7O/c27-26(28,29)18-3-1-17(2-4-18)14-32-23-8-5-19(15-33-23)34-21-6-7-22-25(20(21)13-30)35-24(16-31-22)36-9-11-37-12-10-36/h1-8,15-16,34H,9-12,14H2,(H,32,33). The van der Waals surface area contributed by atoms with Crippen LogP contribution in [0.1, 0.15) is 16.7 Å². The van der Waals surface area contributed by atoms with Crippen LogP contribution in [0.15, 0.2) is 60.9 Å². The van der Waals surface area contributed by atoms with E-state index < -0.39 is 11.7 Å². The molecule has 11 heteroatoms. The van der Waals surface area contributed by atoms with E-state index in [1.807, 2.05) is 6.07 Å². The van der Waals surface area contributed by atoms with Gasteiger partial charge in [-0.1, -0.05) is 12.1 Å². The lowest BCUT2D eigenvalue weighted by Gasteiger charge is -2.27. The minimum Gasteiger partial charge on any atom is -0.378 e. The third-order valence-electron chi connectivity index (χ3n) is 5.95. The summed E-state index contributed by atoms with van der Waals surface area (Å²) in [4.78, 5) is 15.6. The van der Waals surface area contributed by atoms with Crippen molar-refractivity contribution in [3.63, 3.8) is 0 Å². The van der Waals surface area contributed by atoms with E-state index in [2.05, 4.69) is 31.6 Å². The molecule has 0 aliphatic carbocycles. The minimum atomic E-state index is -4.36. The van der Waals surface area contributed by atoms with E-state index >= 15 is 0 Å². The maximum Gasteiger partial charge on any atom is 0.416 e. The van der Waals surface area contributed by atoms with Crippen molar-refractivity contribution in [3.05, 3.63) is 77.6 Å². The van der Waals surface area contributed by atoms with Crippen LogP contribution in [0, 0.1) is 11.3 Å². The molecule has 0 atom stereocenters. The maximum atomic E-state index is 12.7. The molecule has 3 heterocycles. The van der Waals surface area contributed by atoms with Gasteiger partial charge in [-0.15, -0.1) is 0 Å². The Labute approximate surface area is 210 Å². The van der Waals surface area contributed by atoms with Gasteiger partial charge in [-0.3, -0.25) is 4.98 Å². The number of ether oxygens (including phenoxy) is 1. The first-order valence-corrected chi connectivity index (χ1v) is 11.6. The molecule has 188 valence electrons. The summed E-state index contributed by atoms with van der Waals surface area (Å²) >= 11 is 0. The Morgan fingerprint density at radius 3 is 2.43 bits per heavy atom. The van der Waals surface area contributed by atoms with E-state index in [1.54, 1.807) is 30.6 Å². The second-order valence-electron chi connectivity index (χ2n) is 8.40. The highest BCUT2D eigenvalue weighted by Crippen LogP contribution is 2.30. The lowest BCUT2D eigenvalue weighted by molar-refractivity contribution is -0.137. The first-order valence-electron chi connectivity index (χ1n) is 11.6. The molecule has 8 nitrogen and oxygen atoms in total. The number of hydrogen-bond donors (Lipinski definition) is 2. The number of nitrogens with one attached hydrogen (secondary N) is 2. The number of anilines is 4. The van der Waals surface area contributed by atoms with Crippen LogP contribution in [-0.4, -0.2) is 41.3 Å². The predicted octanol–water partition coefficient (Wildman–Crippen LogP) is 5.11. The van der Waals surface area contributed by atoms with Crippen LogP contribution in [0.4, 0.5) is 36.2 Å². The molecule has 1 aliphatic rings. The molecule has 5 rings (SSSR count). The van der Waals surface area contributed by atoms with Crippen LogP contribution in [0.3, 0.4) is 0 Å². The zero-order chi connectivity index (χ0) is 25.8. The molecule has 0 unspecified atom stereocenters. The lowest BCUT2D eigenvalue weighted by atomic mass is 10.1. The molecule has 0 radical (unpaired) electrons. The molecular weight excluding hydrogens is 483 g/mol. The molecule has 0 saturated carbocycles. The SMILES string of the molecule is N#Cc1c(Nc2ccc(NCc3ccc(C(F)(F)F)cc3)nc2)ccc2ncc(N3CCOCC3)nc12. The molecule has 2 N–H and O–H groups in total. The Morgan fingerprint density at radius 2 is 1.76 bits per heavy atom. The second kappa shape index (κ2) is 10.3.